The van der Waals surface area contributed by atoms with Gasteiger partial charge in [-0.05, 0) is 12.8 Å². The van der Waals surface area contributed by atoms with Crippen molar-refractivity contribution in [2.75, 3.05) is 14.2 Å². The molecule has 0 rings (SSSR count). The van der Waals surface area contributed by atoms with Gasteiger partial charge in [-0.2, -0.15) is 0 Å². The Bertz CT molecular complexity index is 147. The number of hydrogen-bond acceptors (Lipinski definition) is 3. The van der Waals surface area contributed by atoms with Crippen molar-refractivity contribution in [1.29, 1.82) is 0 Å². The summed E-state index contributed by atoms with van der Waals surface area (Å²) in [5, 5.41) is 0. The van der Waals surface area contributed by atoms with Crippen molar-refractivity contribution in [1.82, 2.24) is 0 Å². The summed E-state index contributed by atoms with van der Waals surface area (Å²) in [5.74, 6) is -0.213. The monoisotopic (exact) mass is 211 g/mol. The summed E-state index contributed by atoms with van der Waals surface area (Å²) in [5.41, 5.74) is -0.811. The van der Waals surface area contributed by atoms with Gasteiger partial charge in [-0.15, -0.1) is 0 Å². The molecule has 0 saturated heterocycles. The van der Waals surface area contributed by atoms with E-state index < -0.39 is 5.60 Å². The first-order valence-electron chi connectivity index (χ1n) is 3.62. The molecule has 1 radical (unpaired) electrons. The average molecular weight is 211 g/mol. The van der Waals surface area contributed by atoms with Gasteiger partial charge < -0.3 is 9.47 Å². The van der Waals surface area contributed by atoms with Crippen LogP contribution in [0.1, 0.15) is 20.8 Å². The van der Waals surface area contributed by atoms with Crippen molar-refractivity contribution in [3.05, 3.63) is 0 Å². The molecule has 1 atom stereocenters. The van der Waals surface area contributed by atoms with E-state index in [1.807, 2.05) is 13.8 Å². The number of carbonyl (C=O) groups is 1. The molecule has 0 N–H and O–H groups in total. The number of ether oxygens (including phenoxy) is 2. The van der Waals surface area contributed by atoms with E-state index in [1.165, 1.54) is 14.2 Å². The van der Waals surface area contributed by atoms with Crippen molar-refractivity contribution < 1.29 is 32.8 Å². The topological polar surface area (TPSA) is 35.5 Å². The van der Waals surface area contributed by atoms with Crippen LogP contribution >= 0.6 is 0 Å². The molecule has 3 nitrogen and oxygen atoms in total. The normalized spacial score (nSPS) is 14.8. The molecule has 0 heterocycles. The Kier molecular flexibility index (Phi) is 6.81. The third kappa shape index (κ3) is 2.81. The Hall–Kier alpha value is 0.0144. The molecule has 0 aliphatic rings. The maximum Gasteiger partial charge on any atom is 0.338 e. The Morgan fingerprint density at radius 2 is 1.75 bits per heavy atom. The van der Waals surface area contributed by atoms with E-state index in [0.717, 1.165) is 0 Å². The zero-order valence-corrected chi connectivity index (χ0v) is 9.65. The number of methoxy groups -OCH3 is 2. The van der Waals surface area contributed by atoms with Crippen molar-refractivity contribution in [3.63, 3.8) is 0 Å². The van der Waals surface area contributed by atoms with Crippen LogP contribution < -0.4 is 0 Å². The van der Waals surface area contributed by atoms with Crippen molar-refractivity contribution in [2.45, 2.75) is 26.4 Å². The first-order valence-corrected chi connectivity index (χ1v) is 3.62. The van der Waals surface area contributed by atoms with Crippen molar-refractivity contribution >= 4 is 5.97 Å². The Morgan fingerprint density at radius 1 is 1.33 bits per heavy atom. The standard InChI is InChI=1S/C8H16O3.V/c1-6(2)8(3,11-5)7(9)10-4;/h6H,1-5H3;. The van der Waals surface area contributed by atoms with Gasteiger partial charge in [0, 0.05) is 25.7 Å². The molecule has 0 aromatic rings. The molecular formula is C8H16O3V. The van der Waals surface area contributed by atoms with Crippen LogP contribution in [-0.4, -0.2) is 25.8 Å². The first-order chi connectivity index (χ1) is 4.99. The second-order valence-electron chi connectivity index (χ2n) is 2.96. The van der Waals surface area contributed by atoms with Gasteiger partial charge in [0.25, 0.3) is 0 Å². The first kappa shape index (κ1) is 14.5. The molecule has 0 fully saturated rings. The van der Waals surface area contributed by atoms with Gasteiger partial charge in [0.05, 0.1) is 7.11 Å². The predicted octanol–water partition coefficient (Wildman–Crippen LogP) is 1.22. The summed E-state index contributed by atoms with van der Waals surface area (Å²) >= 11 is 0. The van der Waals surface area contributed by atoms with E-state index >= 15 is 0 Å². The number of carbonyl (C=O) groups excluding carboxylic acids is 1. The largest absolute Gasteiger partial charge is 0.467 e. The predicted molar refractivity (Wildman–Crippen MR) is 42.3 cm³/mol. The van der Waals surface area contributed by atoms with E-state index in [1.54, 1.807) is 6.92 Å². The van der Waals surface area contributed by atoms with Gasteiger partial charge >= 0.3 is 5.97 Å². The van der Waals surface area contributed by atoms with Gasteiger partial charge in [0.15, 0.2) is 5.60 Å². The van der Waals surface area contributed by atoms with Crippen LogP contribution in [0.2, 0.25) is 0 Å². The van der Waals surface area contributed by atoms with Crippen LogP contribution in [-0.2, 0) is 32.8 Å². The fraction of sp³-hybridized carbons (Fsp3) is 0.875. The third-order valence-electron chi connectivity index (χ3n) is 2.12. The van der Waals surface area contributed by atoms with Crippen LogP contribution in [0.15, 0.2) is 0 Å². The number of esters is 1. The van der Waals surface area contributed by atoms with Crippen LogP contribution in [0, 0.1) is 5.92 Å². The Labute approximate surface area is 85.7 Å². The van der Waals surface area contributed by atoms with Gasteiger partial charge in [0.2, 0.25) is 0 Å². The zero-order chi connectivity index (χ0) is 9.07. The van der Waals surface area contributed by atoms with Crippen molar-refractivity contribution in [2.24, 2.45) is 5.92 Å². The minimum atomic E-state index is -0.811. The summed E-state index contributed by atoms with van der Waals surface area (Å²) < 4.78 is 9.68. The van der Waals surface area contributed by atoms with E-state index in [4.69, 9.17) is 4.74 Å². The number of rotatable bonds is 3. The quantitative estimate of drug-likeness (QED) is 0.658. The molecule has 0 aliphatic carbocycles. The second-order valence-corrected chi connectivity index (χ2v) is 2.96. The molecule has 12 heavy (non-hydrogen) atoms. The van der Waals surface area contributed by atoms with Crippen LogP contribution in [0.25, 0.3) is 0 Å². The van der Waals surface area contributed by atoms with Crippen LogP contribution in [0.3, 0.4) is 0 Å². The van der Waals surface area contributed by atoms with Gasteiger partial charge in [-0.1, -0.05) is 13.8 Å². The molecule has 4 heteroatoms. The smallest absolute Gasteiger partial charge is 0.338 e. The number of hydrogen-bond donors (Lipinski definition) is 0. The third-order valence-corrected chi connectivity index (χ3v) is 2.12. The average Bonchev–Trinajstić information content (AvgIpc) is 2.01. The summed E-state index contributed by atoms with van der Waals surface area (Å²) in [4.78, 5) is 11.2. The van der Waals surface area contributed by atoms with Crippen molar-refractivity contribution in [3.8, 4) is 0 Å². The molecule has 0 amide bonds. The molecule has 0 saturated carbocycles. The zero-order valence-electron chi connectivity index (χ0n) is 8.25. The summed E-state index contributed by atoms with van der Waals surface area (Å²) in [7, 11) is 2.87. The van der Waals surface area contributed by atoms with E-state index in [-0.39, 0.29) is 30.4 Å². The maximum absolute atomic E-state index is 11.2. The molecule has 0 aromatic heterocycles. The van der Waals surface area contributed by atoms with E-state index in [0.29, 0.717) is 0 Å². The summed E-state index contributed by atoms with van der Waals surface area (Å²) in [6, 6.07) is 0. The van der Waals surface area contributed by atoms with Gasteiger partial charge in [0.1, 0.15) is 0 Å². The van der Waals surface area contributed by atoms with E-state index in [9.17, 15) is 4.79 Å². The Balaban J connectivity index is 0. The molecular weight excluding hydrogens is 195 g/mol. The minimum Gasteiger partial charge on any atom is -0.467 e. The van der Waals surface area contributed by atoms with Crippen LogP contribution in [0.4, 0.5) is 0 Å². The van der Waals surface area contributed by atoms with E-state index in [2.05, 4.69) is 4.74 Å². The molecule has 0 bridgehead atoms. The van der Waals surface area contributed by atoms with Crippen LogP contribution in [0.5, 0.6) is 0 Å². The Morgan fingerprint density at radius 3 is 1.83 bits per heavy atom. The fourth-order valence-electron chi connectivity index (χ4n) is 0.757. The molecule has 0 aliphatic heterocycles. The molecule has 71 valence electrons. The summed E-state index contributed by atoms with van der Waals surface area (Å²) in [6.45, 7) is 5.56. The minimum absolute atomic E-state index is 0. The molecule has 1 unspecified atom stereocenters. The summed E-state index contributed by atoms with van der Waals surface area (Å²) in [6.07, 6.45) is 0. The second kappa shape index (κ2) is 5.62. The molecule has 0 spiro atoms. The van der Waals surface area contributed by atoms with Gasteiger partial charge in [-0.3, -0.25) is 0 Å². The van der Waals surface area contributed by atoms with Gasteiger partial charge in [-0.25, -0.2) is 4.79 Å². The maximum atomic E-state index is 11.2. The SMILES string of the molecule is COC(=O)C(C)(OC)C(C)C.[V]. The molecule has 0 aromatic carbocycles. The fourth-order valence-corrected chi connectivity index (χ4v) is 0.757.